The molecule has 4 N–H and O–H groups in total. The van der Waals surface area contributed by atoms with Gasteiger partial charge in [-0.3, -0.25) is 0 Å². The average Bonchev–Trinajstić information content (AvgIpc) is 2.39. The van der Waals surface area contributed by atoms with Gasteiger partial charge in [0, 0.05) is 0 Å². The van der Waals surface area contributed by atoms with Crippen LogP contribution in [0.1, 0.15) is 68.2 Å². The predicted molar refractivity (Wildman–Crippen MR) is 98.9 cm³/mol. The third-order valence-electron chi connectivity index (χ3n) is 3.40. The van der Waals surface area contributed by atoms with Crippen molar-refractivity contribution in [2.45, 2.75) is 104 Å². The minimum atomic E-state index is -0.856. The van der Waals surface area contributed by atoms with Gasteiger partial charge in [-0.1, -0.05) is 0 Å². The fourth-order valence-electron chi connectivity index (χ4n) is 2.02. The summed E-state index contributed by atoms with van der Waals surface area (Å²) in [4.78, 5) is 23.4. The molecule has 8 heteroatoms. The van der Waals surface area contributed by atoms with Crippen molar-refractivity contribution >= 4 is 12.2 Å². The summed E-state index contributed by atoms with van der Waals surface area (Å²) in [5.41, 5.74) is -1.23. The summed E-state index contributed by atoms with van der Waals surface area (Å²) >= 11 is 0. The topological polar surface area (TPSA) is 117 Å². The molecule has 0 spiro atoms. The van der Waals surface area contributed by atoms with E-state index in [1.165, 1.54) is 0 Å². The maximum atomic E-state index is 11.7. The fraction of sp³-hybridized carbons (Fsp3) is 0.889. The molecule has 0 radical (unpaired) electrons. The maximum Gasteiger partial charge on any atom is 0.407 e. The number of aliphatic hydroxyl groups is 2. The van der Waals surface area contributed by atoms with Gasteiger partial charge in [0.15, 0.2) is 0 Å². The molecule has 8 nitrogen and oxygen atoms in total. The zero-order valence-electron chi connectivity index (χ0n) is 17.3. The summed E-state index contributed by atoms with van der Waals surface area (Å²) in [7, 11) is 0. The number of carbonyl (C=O) groups is 2. The molecule has 0 aromatic carbocycles. The van der Waals surface area contributed by atoms with Crippen molar-refractivity contribution < 1.29 is 29.3 Å². The predicted octanol–water partition coefficient (Wildman–Crippen LogP) is 2.31. The number of hydrogen-bond acceptors (Lipinski definition) is 6. The number of alkyl carbamates (subject to hydrolysis) is 2. The van der Waals surface area contributed by atoms with Crippen LogP contribution < -0.4 is 10.6 Å². The average molecular weight is 376 g/mol. The molecule has 4 atom stereocenters. The first-order valence-electron chi connectivity index (χ1n) is 8.96. The lowest BCUT2D eigenvalue weighted by molar-refractivity contribution is 0.0345. The van der Waals surface area contributed by atoms with Crippen molar-refractivity contribution in [1.82, 2.24) is 10.6 Å². The van der Waals surface area contributed by atoms with Crippen LogP contribution in [0.2, 0.25) is 0 Å². The van der Waals surface area contributed by atoms with E-state index in [1.54, 1.807) is 55.4 Å². The Balaban J connectivity index is 4.29. The second-order valence-corrected chi connectivity index (χ2v) is 8.58. The number of ether oxygens (including phenoxy) is 2. The van der Waals surface area contributed by atoms with Crippen LogP contribution in [0.5, 0.6) is 0 Å². The molecule has 0 saturated carbocycles. The standard InChI is InChI=1S/C18H36N2O6/c1-11(19-15(23)25-17(3,4)5)13(21)9-10-14(22)12(2)20-16(24)26-18(6,7)8/h11-14,21-22H,9-10H2,1-8H3,(H,19,23)(H,20,24)/t11-,12-,13-,14+/m0/s1. The molecule has 0 bridgehead atoms. The van der Waals surface area contributed by atoms with E-state index in [0.29, 0.717) is 0 Å². The Morgan fingerprint density at radius 3 is 1.27 bits per heavy atom. The quantitative estimate of drug-likeness (QED) is 0.542. The molecule has 0 aromatic rings. The second-order valence-electron chi connectivity index (χ2n) is 8.58. The Hall–Kier alpha value is -1.54. The van der Waals surface area contributed by atoms with Crippen molar-refractivity contribution in [3.63, 3.8) is 0 Å². The summed E-state index contributed by atoms with van der Waals surface area (Å²) in [5.74, 6) is 0. The van der Waals surface area contributed by atoms with E-state index in [1.807, 2.05) is 0 Å². The van der Waals surface area contributed by atoms with Gasteiger partial charge in [-0.2, -0.15) is 0 Å². The fourth-order valence-corrected chi connectivity index (χ4v) is 2.02. The highest BCUT2D eigenvalue weighted by atomic mass is 16.6. The van der Waals surface area contributed by atoms with Crippen LogP contribution in [0.4, 0.5) is 9.59 Å². The summed E-state index contributed by atoms with van der Waals surface area (Å²) in [5, 5.41) is 25.4. The molecule has 0 fully saturated rings. The SMILES string of the molecule is C[C@H](NC(=O)OC(C)(C)C)[C@H](O)CC[C@H](O)[C@H](C)NC(=O)OC(C)(C)C. The number of aliphatic hydroxyl groups excluding tert-OH is 2. The molecule has 0 aromatic heterocycles. The van der Waals surface area contributed by atoms with E-state index in [-0.39, 0.29) is 12.8 Å². The van der Waals surface area contributed by atoms with E-state index >= 15 is 0 Å². The first-order valence-corrected chi connectivity index (χ1v) is 8.96. The van der Waals surface area contributed by atoms with Crippen molar-refractivity contribution in [3.8, 4) is 0 Å². The monoisotopic (exact) mass is 376 g/mol. The van der Waals surface area contributed by atoms with Crippen LogP contribution in [-0.4, -0.2) is 57.9 Å². The van der Waals surface area contributed by atoms with E-state index in [2.05, 4.69) is 10.6 Å². The molecule has 26 heavy (non-hydrogen) atoms. The van der Waals surface area contributed by atoms with Crippen molar-refractivity contribution in [3.05, 3.63) is 0 Å². The molecule has 154 valence electrons. The van der Waals surface area contributed by atoms with Gasteiger partial charge < -0.3 is 30.3 Å². The summed E-state index contributed by atoms with van der Waals surface area (Å²) in [6, 6.07) is -1.07. The molecule has 0 aliphatic rings. The van der Waals surface area contributed by atoms with Gasteiger partial charge in [0.05, 0.1) is 24.3 Å². The lowest BCUT2D eigenvalue weighted by Gasteiger charge is -2.26. The zero-order valence-corrected chi connectivity index (χ0v) is 17.3. The van der Waals surface area contributed by atoms with Gasteiger partial charge in [0.25, 0.3) is 0 Å². The van der Waals surface area contributed by atoms with E-state index in [0.717, 1.165) is 0 Å². The van der Waals surface area contributed by atoms with E-state index in [4.69, 9.17) is 9.47 Å². The Bertz CT molecular complexity index is 414. The second kappa shape index (κ2) is 9.97. The van der Waals surface area contributed by atoms with Crippen LogP contribution in [0.25, 0.3) is 0 Å². The van der Waals surface area contributed by atoms with Crippen LogP contribution in [-0.2, 0) is 9.47 Å². The zero-order chi connectivity index (χ0) is 20.7. The molecular formula is C18H36N2O6. The van der Waals surface area contributed by atoms with Crippen molar-refractivity contribution in [2.24, 2.45) is 0 Å². The summed E-state index contributed by atoms with van der Waals surface area (Å²) < 4.78 is 10.3. The Morgan fingerprint density at radius 1 is 0.769 bits per heavy atom. The smallest absolute Gasteiger partial charge is 0.407 e. The van der Waals surface area contributed by atoms with Gasteiger partial charge in [-0.05, 0) is 68.2 Å². The van der Waals surface area contributed by atoms with Gasteiger partial charge in [0.2, 0.25) is 0 Å². The van der Waals surface area contributed by atoms with Crippen molar-refractivity contribution in [2.75, 3.05) is 0 Å². The van der Waals surface area contributed by atoms with Crippen LogP contribution >= 0.6 is 0 Å². The molecular weight excluding hydrogens is 340 g/mol. The van der Waals surface area contributed by atoms with Crippen molar-refractivity contribution in [1.29, 1.82) is 0 Å². The van der Waals surface area contributed by atoms with Gasteiger partial charge in [0.1, 0.15) is 11.2 Å². The highest BCUT2D eigenvalue weighted by Gasteiger charge is 2.24. The summed E-state index contributed by atoms with van der Waals surface area (Å²) in [6.45, 7) is 13.8. The highest BCUT2D eigenvalue weighted by Crippen LogP contribution is 2.12. The van der Waals surface area contributed by atoms with Crippen LogP contribution in [0.15, 0.2) is 0 Å². The molecule has 0 unspecified atom stereocenters. The lowest BCUT2D eigenvalue weighted by Crippen LogP contribution is -2.45. The van der Waals surface area contributed by atoms with E-state index in [9.17, 15) is 19.8 Å². The lowest BCUT2D eigenvalue weighted by atomic mass is 10.0. The first-order chi connectivity index (χ1) is 11.6. The number of carbonyl (C=O) groups excluding carboxylic acids is 2. The largest absolute Gasteiger partial charge is 0.444 e. The Labute approximate surface area is 156 Å². The highest BCUT2D eigenvalue weighted by molar-refractivity contribution is 5.68. The molecule has 0 rings (SSSR count). The van der Waals surface area contributed by atoms with E-state index < -0.39 is 47.7 Å². The molecule has 0 saturated heterocycles. The first kappa shape index (κ1) is 24.5. The van der Waals surface area contributed by atoms with Gasteiger partial charge in [-0.25, -0.2) is 9.59 Å². The minimum absolute atomic E-state index is 0.248. The maximum absolute atomic E-state index is 11.7. The minimum Gasteiger partial charge on any atom is -0.444 e. The number of hydrogen-bond donors (Lipinski definition) is 4. The molecule has 2 amide bonds. The number of nitrogens with one attached hydrogen (secondary N) is 2. The Kier molecular flexibility index (Phi) is 9.38. The number of rotatable bonds is 7. The summed E-state index contributed by atoms with van der Waals surface area (Å²) in [6.07, 6.45) is -2.43. The number of amides is 2. The third kappa shape index (κ3) is 11.9. The Morgan fingerprint density at radius 2 is 1.04 bits per heavy atom. The molecule has 0 aliphatic carbocycles. The van der Waals surface area contributed by atoms with Crippen LogP contribution in [0.3, 0.4) is 0 Å². The van der Waals surface area contributed by atoms with Gasteiger partial charge in [-0.15, -0.1) is 0 Å². The van der Waals surface area contributed by atoms with Crippen LogP contribution in [0, 0.1) is 0 Å². The van der Waals surface area contributed by atoms with Gasteiger partial charge >= 0.3 is 12.2 Å². The third-order valence-corrected chi connectivity index (χ3v) is 3.40. The normalized spacial score (nSPS) is 16.8. The molecule has 0 aliphatic heterocycles. The molecule has 0 heterocycles.